The predicted molar refractivity (Wildman–Crippen MR) is 118 cm³/mol. The SMILES string of the molecule is Clc1nc(N2CCCC2)sc1CN1CCCC(Nc2ccc3c(c2)OCCO3)C1. The highest BCUT2D eigenvalue weighted by atomic mass is 35.5. The molecule has 1 aromatic heterocycles. The Morgan fingerprint density at radius 2 is 1.93 bits per heavy atom. The van der Waals surface area contributed by atoms with Crippen molar-refractivity contribution in [3.8, 4) is 11.5 Å². The first-order valence-electron chi connectivity index (χ1n) is 10.5. The molecule has 1 atom stereocenters. The molecule has 6 nitrogen and oxygen atoms in total. The summed E-state index contributed by atoms with van der Waals surface area (Å²) in [5.74, 6) is 1.67. The van der Waals surface area contributed by atoms with Crippen molar-refractivity contribution in [2.75, 3.05) is 49.6 Å². The number of halogens is 1. The molecule has 29 heavy (non-hydrogen) atoms. The van der Waals surface area contributed by atoms with Gasteiger partial charge in [0.2, 0.25) is 0 Å². The van der Waals surface area contributed by atoms with E-state index in [1.807, 2.05) is 6.07 Å². The smallest absolute Gasteiger partial charge is 0.187 e. The van der Waals surface area contributed by atoms with Crippen LogP contribution in [0.2, 0.25) is 5.15 Å². The van der Waals surface area contributed by atoms with Crippen LogP contribution in [0.25, 0.3) is 0 Å². The number of hydrogen-bond acceptors (Lipinski definition) is 7. The minimum Gasteiger partial charge on any atom is -0.486 e. The minimum absolute atomic E-state index is 0.413. The van der Waals surface area contributed by atoms with Gasteiger partial charge in [-0.2, -0.15) is 0 Å². The molecule has 3 aliphatic heterocycles. The Kier molecular flexibility index (Phi) is 5.70. The molecular formula is C21H27ClN4O2S. The number of nitrogens with one attached hydrogen (secondary N) is 1. The van der Waals surface area contributed by atoms with Crippen LogP contribution in [0.3, 0.4) is 0 Å². The van der Waals surface area contributed by atoms with Gasteiger partial charge in [-0.3, -0.25) is 4.90 Å². The van der Waals surface area contributed by atoms with Gasteiger partial charge in [0.25, 0.3) is 0 Å². The molecule has 0 saturated carbocycles. The average molecular weight is 435 g/mol. The Morgan fingerprint density at radius 3 is 2.79 bits per heavy atom. The highest BCUT2D eigenvalue weighted by molar-refractivity contribution is 7.16. The van der Waals surface area contributed by atoms with E-state index in [-0.39, 0.29) is 0 Å². The third-order valence-electron chi connectivity index (χ3n) is 5.80. The summed E-state index contributed by atoms with van der Waals surface area (Å²) in [6.45, 7) is 6.43. The summed E-state index contributed by atoms with van der Waals surface area (Å²) in [5.41, 5.74) is 1.09. The number of anilines is 2. The molecule has 0 amide bonds. The normalized spacial score (nSPS) is 22.1. The Morgan fingerprint density at radius 1 is 1.10 bits per heavy atom. The van der Waals surface area contributed by atoms with Crippen LogP contribution in [0.1, 0.15) is 30.6 Å². The number of ether oxygens (including phenoxy) is 2. The number of rotatable bonds is 5. The highest BCUT2D eigenvalue weighted by Gasteiger charge is 2.24. The maximum atomic E-state index is 6.48. The number of benzene rings is 1. The van der Waals surface area contributed by atoms with E-state index >= 15 is 0 Å². The number of piperidine rings is 1. The van der Waals surface area contributed by atoms with Crippen molar-refractivity contribution >= 4 is 33.8 Å². The zero-order valence-electron chi connectivity index (χ0n) is 16.5. The Bertz CT molecular complexity index is 855. The van der Waals surface area contributed by atoms with Crippen molar-refractivity contribution in [3.05, 3.63) is 28.2 Å². The number of thiazole rings is 1. The molecule has 0 aliphatic carbocycles. The van der Waals surface area contributed by atoms with Crippen LogP contribution in [-0.2, 0) is 6.54 Å². The van der Waals surface area contributed by atoms with Crippen molar-refractivity contribution in [2.24, 2.45) is 0 Å². The Labute approximate surface area is 180 Å². The lowest BCUT2D eigenvalue weighted by molar-refractivity contribution is 0.171. The fraction of sp³-hybridized carbons (Fsp3) is 0.571. The molecule has 4 heterocycles. The van der Waals surface area contributed by atoms with Gasteiger partial charge in [-0.1, -0.05) is 22.9 Å². The number of nitrogens with zero attached hydrogens (tertiary/aromatic N) is 3. The van der Waals surface area contributed by atoms with E-state index in [0.717, 1.165) is 55.0 Å². The predicted octanol–water partition coefficient (Wildman–Crippen LogP) is 4.24. The minimum atomic E-state index is 0.413. The van der Waals surface area contributed by atoms with Crippen molar-refractivity contribution in [1.82, 2.24) is 9.88 Å². The van der Waals surface area contributed by atoms with E-state index in [1.54, 1.807) is 11.3 Å². The molecule has 2 aromatic rings. The van der Waals surface area contributed by atoms with Gasteiger partial charge in [-0.25, -0.2) is 4.98 Å². The van der Waals surface area contributed by atoms with Gasteiger partial charge in [0, 0.05) is 44.0 Å². The lowest BCUT2D eigenvalue weighted by atomic mass is 10.1. The quantitative estimate of drug-likeness (QED) is 0.759. The summed E-state index contributed by atoms with van der Waals surface area (Å²) in [4.78, 5) is 10.7. The highest BCUT2D eigenvalue weighted by Crippen LogP contribution is 2.34. The zero-order chi connectivity index (χ0) is 19.6. The largest absolute Gasteiger partial charge is 0.486 e. The average Bonchev–Trinajstić information content (AvgIpc) is 3.39. The van der Waals surface area contributed by atoms with Crippen molar-refractivity contribution in [3.63, 3.8) is 0 Å². The Balaban J connectivity index is 1.21. The fourth-order valence-corrected chi connectivity index (χ4v) is 5.70. The first-order valence-corrected chi connectivity index (χ1v) is 11.7. The molecule has 1 unspecified atom stereocenters. The van der Waals surface area contributed by atoms with Crippen molar-refractivity contribution in [1.29, 1.82) is 0 Å². The summed E-state index contributed by atoms with van der Waals surface area (Å²) in [6.07, 6.45) is 4.86. The van der Waals surface area contributed by atoms with Crippen LogP contribution in [-0.4, -0.2) is 55.3 Å². The summed E-state index contributed by atoms with van der Waals surface area (Å²) >= 11 is 8.24. The molecule has 1 N–H and O–H groups in total. The van der Waals surface area contributed by atoms with Crippen LogP contribution in [0.4, 0.5) is 10.8 Å². The zero-order valence-corrected chi connectivity index (χ0v) is 18.1. The molecule has 0 radical (unpaired) electrons. The van der Waals surface area contributed by atoms with Crippen LogP contribution in [0.15, 0.2) is 18.2 Å². The molecule has 2 saturated heterocycles. The molecule has 1 aromatic carbocycles. The number of likely N-dealkylation sites (tertiary alicyclic amines) is 1. The second-order valence-corrected chi connectivity index (χ2v) is 9.40. The van der Waals surface area contributed by atoms with Crippen LogP contribution < -0.4 is 19.7 Å². The number of hydrogen-bond donors (Lipinski definition) is 1. The Hall–Kier alpha value is -1.70. The second kappa shape index (κ2) is 8.58. The summed E-state index contributed by atoms with van der Waals surface area (Å²) < 4.78 is 11.3. The maximum absolute atomic E-state index is 6.48. The third-order valence-corrected chi connectivity index (χ3v) is 7.33. The lowest BCUT2D eigenvalue weighted by Crippen LogP contribution is -2.41. The van der Waals surface area contributed by atoms with E-state index in [9.17, 15) is 0 Å². The van der Waals surface area contributed by atoms with Crippen LogP contribution in [0.5, 0.6) is 11.5 Å². The summed E-state index contributed by atoms with van der Waals surface area (Å²) in [7, 11) is 0. The molecule has 3 aliphatic rings. The molecule has 156 valence electrons. The van der Waals surface area contributed by atoms with E-state index in [1.165, 1.54) is 30.6 Å². The third kappa shape index (κ3) is 4.42. The van der Waals surface area contributed by atoms with Crippen LogP contribution in [0, 0.1) is 0 Å². The van der Waals surface area contributed by atoms with Gasteiger partial charge >= 0.3 is 0 Å². The van der Waals surface area contributed by atoms with Crippen LogP contribution >= 0.6 is 22.9 Å². The molecule has 0 spiro atoms. The topological polar surface area (TPSA) is 49.9 Å². The molecular weight excluding hydrogens is 408 g/mol. The molecule has 0 bridgehead atoms. The molecule has 2 fully saturated rings. The van der Waals surface area contributed by atoms with E-state index in [2.05, 4.69) is 32.2 Å². The summed E-state index contributed by atoms with van der Waals surface area (Å²) in [6, 6.07) is 6.54. The standard InChI is InChI=1S/C21H27ClN4O2S/c22-20-19(29-21(24-20)26-8-1-2-9-26)14-25-7-3-4-16(13-25)23-15-5-6-17-18(12-15)28-11-10-27-17/h5-6,12,16,23H,1-4,7-11,13-14H2. The summed E-state index contributed by atoms with van der Waals surface area (Å²) in [5, 5.41) is 5.45. The first-order chi connectivity index (χ1) is 14.2. The number of fused-ring (bicyclic) bond motifs is 1. The first kappa shape index (κ1) is 19.3. The lowest BCUT2D eigenvalue weighted by Gasteiger charge is -2.33. The fourth-order valence-electron chi connectivity index (χ4n) is 4.35. The van der Waals surface area contributed by atoms with Gasteiger partial charge in [0.15, 0.2) is 16.6 Å². The monoisotopic (exact) mass is 434 g/mol. The van der Waals surface area contributed by atoms with Gasteiger partial charge in [0.1, 0.15) is 18.4 Å². The van der Waals surface area contributed by atoms with Crippen molar-refractivity contribution < 1.29 is 9.47 Å². The molecule has 5 rings (SSSR count). The van der Waals surface area contributed by atoms with E-state index in [4.69, 9.17) is 21.1 Å². The van der Waals surface area contributed by atoms with Crippen molar-refractivity contribution in [2.45, 2.75) is 38.3 Å². The second-order valence-electron chi connectivity index (χ2n) is 7.98. The molecule has 8 heteroatoms. The van der Waals surface area contributed by atoms with Gasteiger partial charge in [-0.05, 0) is 44.4 Å². The number of aromatic nitrogens is 1. The van der Waals surface area contributed by atoms with Gasteiger partial charge in [-0.15, -0.1) is 0 Å². The van der Waals surface area contributed by atoms with Gasteiger partial charge < -0.3 is 19.7 Å². The van der Waals surface area contributed by atoms with Gasteiger partial charge in [0.05, 0.1) is 4.88 Å². The van der Waals surface area contributed by atoms with E-state index < -0.39 is 0 Å². The maximum Gasteiger partial charge on any atom is 0.187 e. The van der Waals surface area contributed by atoms with E-state index in [0.29, 0.717) is 24.4 Å².